The molecular weight excluding hydrogens is 268 g/mol. The number of amides is 1. The van der Waals surface area contributed by atoms with Crippen LogP contribution in [0.25, 0.3) is 0 Å². The number of nitrogens with one attached hydrogen (secondary N) is 1. The zero-order valence-electron chi connectivity index (χ0n) is 13.0. The Morgan fingerprint density at radius 1 is 1.43 bits per heavy atom. The van der Waals surface area contributed by atoms with Gasteiger partial charge in [-0.1, -0.05) is 13.8 Å². The van der Waals surface area contributed by atoms with Gasteiger partial charge in [-0.2, -0.15) is 0 Å². The zero-order chi connectivity index (χ0) is 15.5. The normalized spacial score (nSPS) is 18.8. The van der Waals surface area contributed by atoms with Gasteiger partial charge in [-0.15, -0.1) is 0 Å². The Kier molecular flexibility index (Phi) is 4.70. The molecule has 5 heteroatoms. The molecule has 2 rings (SSSR count). The van der Waals surface area contributed by atoms with Crippen molar-refractivity contribution in [3.05, 3.63) is 24.0 Å². The van der Waals surface area contributed by atoms with E-state index in [1.54, 1.807) is 0 Å². The molecule has 0 saturated carbocycles. The number of nitrogens with zero attached hydrogens (tertiary/aromatic N) is 1. The van der Waals surface area contributed by atoms with Gasteiger partial charge >= 0.3 is 5.97 Å². The van der Waals surface area contributed by atoms with Crippen LogP contribution in [0.2, 0.25) is 0 Å². The van der Waals surface area contributed by atoms with E-state index in [0.29, 0.717) is 6.42 Å². The number of carbonyl (C=O) groups excluding carboxylic acids is 2. The van der Waals surface area contributed by atoms with Crippen molar-refractivity contribution in [2.24, 2.45) is 5.41 Å². The van der Waals surface area contributed by atoms with Crippen LogP contribution in [0.5, 0.6) is 0 Å². The molecule has 1 aromatic heterocycles. The number of aromatic amines is 1. The summed E-state index contributed by atoms with van der Waals surface area (Å²) in [6, 6.07) is 4.12. The second-order valence-corrected chi connectivity index (χ2v) is 6.46. The van der Waals surface area contributed by atoms with E-state index in [0.717, 1.165) is 25.1 Å². The maximum absolute atomic E-state index is 12.6. The molecule has 0 aliphatic carbocycles. The third-order valence-electron chi connectivity index (χ3n) is 4.03. The van der Waals surface area contributed by atoms with Crippen LogP contribution >= 0.6 is 0 Å². The summed E-state index contributed by atoms with van der Waals surface area (Å²) in [6.07, 6.45) is 4.52. The number of methoxy groups -OCH3 is 1. The molecule has 1 amide bonds. The molecular formula is C16H24N2O3. The first-order valence-corrected chi connectivity index (χ1v) is 7.42. The predicted octanol–water partition coefficient (Wildman–Crippen LogP) is 2.66. The topological polar surface area (TPSA) is 62.4 Å². The summed E-state index contributed by atoms with van der Waals surface area (Å²) in [5.41, 5.74) is 0.708. The molecule has 1 N–H and O–H groups in total. The van der Waals surface area contributed by atoms with Crippen molar-refractivity contribution >= 4 is 11.9 Å². The highest BCUT2D eigenvalue weighted by Gasteiger charge is 2.34. The van der Waals surface area contributed by atoms with Crippen LogP contribution in [0.1, 0.15) is 51.3 Å². The number of esters is 1. The zero-order valence-corrected chi connectivity index (χ0v) is 13.0. The number of hydrogen-bond acceptors (Lipinski definition) is 3. The number of H-pyrrole nitrogens is 1. The van der Waals surface area contributed by atoms with Crippen molar-refractivity contribution in [1.29, 1.82) is 0 Å². The molecule has 1 aliphatic rings. The van der Waals surface area contributed by atoms with Gasteiger partial charge in [-0.25, -0.2) is 0 Å². The van der Waals surface area contributed by atoms with Gasteiger partial charge in [0, 0.05) is 24.9 Å². The van der Waals surface area contributed by atoms with Crippen molar-refractivity contribution in [3.63, 3.8) is 0 Å². The largest absolute Gasteiger partial charge is 0.469 e. The van der Waals surface area contributed by atoms with Crippen molar-refractivity contribution < 1.29 is 14.3 Å². The molecule has 0 bridgehead atoms. The van der Waals surface area contributed by atoms with E-state index in [9.17, 15) is 9.59 Å². The molecule has 0 unspecified atom stereocenters. The van der Waals surface area contributed by atoms with Gasteiger partial charge in [0.15, 0.2) is 0 Å². The summed E-state index contributed by atoms with van der Waals surface area (Å²) in [5, 5.41) is 0. The second-order valence-electron chi connectivity index (χ2n) is 6.46. The van der Waals surface area contributed by atoms with Gasteiger partial charge in [0.2, 0.25) is 5.91 Å². The van der Waals surface area contributed by atoms with Gasteiger partial charge in [0.05, 0.1) is 19.6 Å². The first kappa shape index (κ1) is 15.6. The Bertz CT molecular complexity index is 494. The van der Waals surface area contributed by atoms with Crippen LogP contribution in [0.15, 0.2) is 18.3 Å². The van der Waals surface area contributed by atoms with E-state index >= 15 is 0 Å². The molecule has 1 atom stereocenters. The molecule has 0 aromatic carbocycles. The smallest absolute Gasteiger partial charge is 0.306 e. The van der Waals surface area contributed by atoms with Crippen molar-refractivity contribution in [2.45, 2.75) is 45.6 Å². The molecule has 0 radical (unpaired) electrons. The number of hydrogen-bond donors (Lipinski definition) is 1. The quantitative estimate of drug-likeness (QED) is 0.849. The fraction of sp³-hybridized carbons (Fsp3) is 0.625. The molecule has 1 fully saturated rings. The van der Waals surface area contributed by atoms with E-state index in [4.69, 9.17) is 4.74 Å². The minimum atomic E-state index is -0.382. The summed E-state index contributed by atoms with van der Waals surface area (Å²) < 4.78 is 4.70. The van der Waals surface area contributed by atoms with Crippen LogP contribution in [0.3, 0.4) is 0 Å². The van der Waals surface area contributed by atoms with Crippen LogP contribution in [-0.2, 0) is 14.3 Å². The Morgan fingerprint density at radius 3 is 2.81 bits per heavy atom. The second kappa shape index (κ2) is 6.33. The lowest BCUT2D eigenvalue weighted by molar-refractivity contribution is -0.144. The summed E-state index contributed by atoms with van der Waals surface area (Å²) in [4.78, 5) is 29.2. The van der Waals surface area contributed by atoms with Gasteiger partial charge in [-0.3, -0.25) is 9.59 Å². The number of carbonyl (C=O) groups is 2. The third-order valence-corrected chi connectivity index (χ3v) is 4.03. The molecule has 0 spiro atoms. The standard InChI is InChI=1S/C16H24N2O3/c1-16(2,11-15(20)21-3)10-14(19)18-9-5-7-13(18)12-6-4-8-17-12/h4,6,8,13,17H,5,7,9-11H2,1-3H3/t13-/m0/s1. The molecule has 1 saturated heterocycles. The van der Waals surface area contributed by atoms with E-state index in [-0.39, 0.29) is 29.8 Å². The summed E-state index contributed by atoms with van der Waals surface area (Å²) in [6.45, 7) is 4.65. The van der Waals surface area contributed by atoms with Gasteiger partial charge in [-0.05, 0) is 30.4 Å². The molecule has 116 valence electrons. The Hall–Kier alpha value is -1.78. The summed E-state index contributed by atoms with van der Waals surface area (Å²) in [5.74, 6) is -0.156. The number of rotatable bonds is 5. The number of aromatic nitrogens is 1. The van der Waals surface area contributed by atoms with Gasteiger partial charge < -0.3 is 14.6 Å². The fourth-order valence-electron chi connectivity index (χ4n) is 2.98. The third kappa shape index (κ3) is 3.86. The highest BCUT2D eigenvalue weighted by atomic mass is 16.5. The fourth-order valence-corrected chi connectivity index (χ4v) is 2.98. The Balaban J connectivity index is 2.00. The number of ether oxygens (including phenoxy) is 1. The highest BCUT2D eigenvalue weighted by molar-refractivity contribution is 5.79. The summed E-state index contributed by atoms with van der Waals surface area (Å²) >= 11 is 0. The monoisotopic (exact) mass is 292 g/mol. The van der Waals surface area contributed by atoms with Gasteiger partial charge in [0.25, 0.3) is 0 Å². The van der Waals surface area contributed by atoms with Crippen LogP contribution < -0.4 is 0 Å². The Labute approximate surface area is 125 Å². The summed E-state index contributed by atoms with van der Waals surface area (Å²) in [7, 11) is 1.38. The van der Waals surface area contributed by atoms with Crippen molar-refractivity contribution in [2.75, 3.05) is 13.7 Å². The lowest BCUT2D eigenvalue weighted by Crippen LogP contribution is -2.34. The van der Waals surface area contributed by atoms with Crippen molar-refractivity contribution in [3.8, 4) is 0 Å². The van der Waals surface area contributed by atoms with E-state index in [2.05, 4.69) is 4.98 Å². The van der Waals surface area contributed by atoms with E-state index < -0.39 is 0 Å². The van der Waals surface area contributed by atoms with Gasteiger partial charge in [0.1, 0.15) is 0 Å². The van der Waals surface area contributed by atoms with E-state index in [1.165, 1.54) is 7.11 Å². The molecule has 5 nitrogen and oxygen atoms in total. The maximum Gasteiger partial charge on any atom is 0.306 e. The average molecular weight is 292 g/mol. The van der Waals surface area contributed by atoms with Crippen LogP contribution in [0, 0.1) is 5.41 Å². The minimum Gasteiger partial charge on any atom is -0.469 e. The lowest BCUT2D eigenvalue weighted by atomic mass is 9.85. The maximum atomic E-state index is 12.6. The average Bonchev–Trinajstić information content (AvgIpc) is 3.07. The van der Waals surface area contributed by atoms with Crippen molar-refractivity contribution in [1.82, 2.24) is 9.88 Å². The van der Waals surface area contributed by atoms with Crippen LogP contribution in [-0.4, -0.2) is 35.4 Å². The number of likely N-dealkylation sites (tertiary alicyclic amines) is 1. The lowest BCUT2D eigenvalue weighted by Gasteiger charge is -2.29. The minimum absolute atomic E-state index is 0.112. The first-order chi connectivity index (χ1) is 9.93. The molecule has 21 heavy (non-hydrogen) atoms. The van der Waals surface area contributed by atoms with Crippen LogP contribution in [0.4, 0.5) is 0 Å². The van der Waals surface area contributed by atoms with E-state index in [1.807, 2.05) is 37.1 Å². The molecule has 1 aliphatic heterocycles. The first-order valence-electron chi connectivity index (χ1n) is 7.42. The highest BCUT2D eigenvalue weighted by Crippen LogP contribution is 2.34. The molecule has 2 heterocycles. The molecule has 1 aromatic rings. The SMILES string of the molecule is COC(=O)CC(C)(C)CC(=O)N1CCC[C@H]1c1ccc[nH]1. The predicted molar refractivity (Wildman–Crippen MR) is 79.5 cm³/mol. The Morgan fingerprint density at radius 2 is 2.19 bits per heavy atom.